The van der Waals surface area contributed by atoms with Crippen LogP contribution in [0.25, 0.3) is 0 Å². The molecule has 5 heteroatoms. The summed E-state index contributed by atoms with van der Waals surface area (Å²) in [5.74, 6) is -0.955. The molecule has 0 aliphatic heterocycles. The SMILES string of the molecule is C=C(NO)/C(=C\C(=C/C)C(C)C)OC(=O)c1ccc(C)c(F)c1. The smallest absolute Gasteiger partial charge is 0.343 e. The number of esters is 1. The molecule has 0 aromatic heterocycles. The van der Waals surface area contributed by atoms with Gasteiger partial charge in [-0.3, -0.25) is 10.7 Å². The summed E-state index contributed by atoms with van der Waals surface area (Å²) in [4.78, 5) is 12.2. The second-order valence-corrected chi connectivity index (χ2v) is 5.40. The van der Waals surface area contributed by atoms with Crippen LogP contribution in [0.5, 0.6) is 0 Å². The highest BCUT2D eigenvalue weighted by molar-refractivity contribution is 5.90. The molecule has 0 unspecified atom stereocenters. The fourth-order valence-electron chi connectivity index (χ4n) is 1.85. The maximum absolute atomic E-state index is 13.6. The third-order valence-electron chi connectivity index (χ3n) is 3.34. The summed E-state index contributed by atoms with van der Waals surface area (Å²) in [7, 11) is 0. The summed E-state index contributed by atoms with van der Waals surface area (Å²) in [5, 5.41) is 9.03. The molecule has 0 radical (unpaired) electrons. The summed E-state index contributed by atoms with van der Waals surface area (Å²) in [5.41, 5.74) is 3.32. The number of hydrogen-bond donors (Lipinski definition) is 2. The molecule has 0 fully saturated rings. The van der Waals surface area contributed by atoms with E-state index in [1.807, 2.05) is 32.3 Å². The number of hydroxylamine groups is 1. The molecule has 124 valence electrons. The number of carbonyl (C=O) groups excluding carboxylic acids is 1. The van der Waals surface area contributed by atoms with E-state index in [0.29, 0.717) is 5.56 Å². The van der Waals surface area contributed by atoms with Crippen molar-refractivity contribution in [3.63, 3.8) is 0 Å². The summed E-state index contributed by atoms with van der Waals surface area (Å²) in [6.07, 6.45) is 3.48. The average molecular weight is 319 g/mol. The van der Waals surface area contributed by atoms with E-state index in [0.717, 1.165) is 11.6 Å². The van der Waals surface area contributed by atoms with E-state index in [4.69, 9.17) is 9.94 Å². The van der Waals surface area contributed by atoms with Gasteiger partial charge in [0.25, 0.3) is 0 Å². The summed E-state index contributed by atoms with van der Waals surface area (Å²) in [6, 6.07) is 4.09. The maximum atomic E-state index is 13.6. The van der Waals surface area contributed by atoms with Gasteiger partial charge < -0.3 is 4.74 Å². The van der Waals surface area contributed by atoms with Crippen LogP contribution < -0.4 is 5.48 Å². The molecule has 2 N–H and O–H groups in total. The van der Waals surface area contributed by atoms with E-state index in [1.165, 1.54) is 12.1 Å². The lowest BCUT2D eigenvalue weighted by molar-refractivity contribution is 0.0616. The zero-order chi connectivity index (χ0) is 17.6. The monoisotopic (exact) mass is 319 g/mol. The van der Waals surface area contributed by atoms with Gasteiger partial charge in [-0.25, -0.2) is 9.18 Å². The van der Waals surface area contributed by atoms with Gasteiger partial charge in [0.1, 0.15) is 5.82 Å². The van der Waals surface area contributed by atoms with Crippen LogP contribution in [0, 0.1) is 18.7 Å². The molecule has 0 aliphatic rings. The van der Waals surface area contributed by atoms with Gasteiger partial charge >= 0.3 is 5.97 Å². The Morgan fingerprint density at radius 2 is 2.09 bits per heavy atom. The molecule has 0 bridgehead atoms. The van der Waals surface area contributed by atoms with Crippen LogP contribution in [0.3, 0.4) is 0 Å². The molecule has 4 nitrogen and oxygen atoms in total. The highest BCUT2D eigenvalue weighted by Gasteiger charge is 2.15. The zero-order valence-electron chi connectivity index (χ0n) is 13.8. The summed E-state index contributed by atoms with van der Waals surface area (Å²) in [6.45, 7) is 11.0. The van der Waals surface area contributed by atoms with Crippen LogP contribution in [-0.2, 0) is 4.74 Å². The molecule has 0 saturated heterocycles. The van der Waals surface area contributed by atoms with E-state index >= 15 is 0 Å². The number of allylic oxidation sites excluding steroid dienone is 3. The summed E-state index contributed by atoms with van der Waals surface area (Å²) < 4.78 is 18.8. The van der Waals surface area contributed by atoms with Crippen LogP contribution in [0.4, 0.5) is 4.39 Å². The number of aryl methyl sites for hydroxylation is 1. The van der Waals surface area contributed by atoms with E-state index in [1.54, 1.807) is 13.0 Å². The quantitative estimate of drug-likeness (QED) is 0.356. The van der Waals surface area contributed by atoms with Crippen molar-refractivity contribution in [3.05, 3.63) is 70.9 Å². The van der Waals surface area contributed by atoms with Gasteiger partial charge in [-0.15, -0.1) is 0 Å². The number of hydrogen-bond acceptors (Lipinski definition) is 4. The second-order valence-electron chi connectivity index (χ2n) is 5.40. The highest BCUT2D eigenvalue weighted by atomic mass is 19.1. The molecule has 1 rings (SSSR count). The second kappa shape index (κ2) is 8.29. The first-order valence-corrected chi connectivity index (χ1v) is 7.25. The lowest BCUT2D eigenvalue weighted by atomic mass is 10.0. The Balaban J connectivity index is 3.10. The van der Waals surface area contributed by atoms with Crippen LogP contribution in [-0.4, -0.2) is 11.2 Å². The van der Waals surface area contributed by atoms with Crippen LogP contribution in [0.2, 0.25) is 0 Å². The summed E-state index contributed by atoms with van der Waals surface area (Å²) >= 11 is 0. The van der Waals surface area contributed by atoms with E-state index in [9.17, 15) is 9.18 Å². The van der Waals surface area contributed by atoms with Gasteiger partial charge in [-0.2, -0.15) is 0 Å². The van der Waals surface area contributed by atoms with Gasteiger partial charge in [0.15, 0.2) is 5.76 Å². The fourth-order valence-corrected chi connectivity index (χ4v) is 1.85. The molecule has 23 heavy (non-hydrogen) atoms. The van der Waals surface area contributed by atoms with E-state index < -0.39 is 11.8 Å². The first-order chi connectivity index (χ1) is 10.8. The maximum Gasteiger partial charge on any atom is 0.343 e. The molecule has 1 aromatic rings. The Kier molecular flexibility index (Phi) is 6.72. The molecule has 0 spiro atoms. The lowest BCUT2D eigenvalue weighted by Gasteiger charge is -2.13. The first kappa shape index (κ1) is 18.6. The number of rotatable bonds is 6. The van der Waals surface area contributed by atoms with Crippen molar-refractivity contribution in [2.75, 3.05) is 0 Å². The molecule has 1 aromatic carbocycles. The standard InChI is InChI=1S/C18H22FNO3/c1-6-14(11(2)3)10-17(13(5)20-22)23-18(21)15-8-7-12(4)16(19)9-15/h6-11,20,22H,5H2,1-4H3/b14-6+,17-10+. The van der Waals surface area contributed by atoms with Crippen molar-refractivity contribution in [3.8, 4) is 0 Å². The van der Waals surface area contributed by atoms with Gasteiger partial charge in [0.2, 0.25) is 0 Å². The Bertz CT molecular complexity index is 660. The lowest BCUT2D eigenvalue weighted by Crippen LogP contribution is -2.14. The number of carbonyl (C=O) groups is 1. The van der Waals surface area contributed by atoms with Crippen molar-refractivity contribution in [1.82, 2.24) is 5.48 Å². The number of ether oxygens (including phenoxy) is 1. The van der Waals surface area contributed by atoms with Crippen LogP contribution >= 0.6 is 0 Å². The largest absolute Gasteiger partial charge is 0.421 e. The molecule has 0 amide bonds. The average Bonchev–Trinajstić information content (AvgIpc) is 2.52. The molecular weight excluding hydrogens is 297 g/mol. The Morgan fingerprint density at radius 1 is 1.43 bits per heavy atom. The Morgan fingerprint density at radius 3 is 2.57 bits per heavy atom. The van der Waals surface area contributed by atoms with E-state index in [-0.39, 0.29) is 22.9 Å². The minimum absolute atomic E-state index is 0.0333. The third-order valence-corrected chi connectivity index (χ3v) is 3.34. The molecule has 0 atom stereocenters. The van der Waals surface area contributed by atoms with Gasteiger partial charge in [-0.1, -0.05) is 32.6 Å². The highest BCUT2D eigenvalue weighted by Crippen LogP contribution is 2.19. The Hall–Kier alpha value is -2.40. The number of benzene rings is 1. The van der Waals surface area contributed by atoms with Crippen molar-refractivity contribution in [2.24, 2.45) is 5.92 Å². The van der Waals surface area contributed by atoms with Crippen LogP contribution in [0.15, 0.2) is 54.0 Å². The molecule has 0 heterocycles. The predicted octanol–water partition coefficient (Wildman–Crippen LogP) is 4.27. The number of halogens is 1. The van der Waals surface area contributed by atoms with Crippen LogP contribution in [0.1, 0.15) is 36.7 Å². The topological polar surface area (TPSA) is 58.6 Å². The zero-order valence-corrected chi connectivity index (χ0v) is 13.8. The minimum Gasteiger partial charge on any atom is -0.421 e. The van der Waals surface area contributed by atoms with Crippen molar-refractivity contribution in [1.29, 1.82) is 0 Å². The van der Waals surface area contributed by atoms with Crippen molar-refractivity contribution < 1.29 is 19.1 Å². The van der Waals surface area contributed by atoms with Crippen molar-refractivity contribution >= 4 is 5.97 Å². The normalized spacial score (nSPS) is 12.3. The minimum atomic E-state index is -0.731. The third kappa shape index (κ3) is 5.07. The molecule has 0 aliphatic carbocycles. The predicted molar refractivity (Wildman–Crippen MR) is 87.3 cm³/mol. The Labute approximate surface area is 135 Å². The fraction of sp³-hybridized carbons (Fsp3) is 0.278. The van der Waals surface area contributed by atoms with Crippen molar-refractivity contribution in [2.45, 2.75) is 27.7 Å². The molecule has 0 saturated carbocycles. The molecular formula is C18H22FNO3. The van der Waals surface area contributed by atoms with E-state index in [2.05, 4.69) is 6.58 Å². The van der Waals surface area contributed by atoms with Gasteiger partial charge in [0, 0.05) is 0 Å². The van der Waals surface area contributed by atoms with Gasteiger partial charge in [0.05, 0.1) is 11.3 Å². The first-order valence-electron chi connectivity index (χ1n) is 7.25. The number of nitrogens with one attached hydrogen (secondary N) is 1. The van der Waals surface area contributed by atoms with Gasteiger partial charge in [-0.05, 0) is 49.1 Å².